The lowest BCUT2D eigenvalue weighted by atomic mass is 10.3. The molecule has 1 aromatic heterocycles. The van der Waals surface area contributed by atoms with Crippen LogP contribution in [-0.4, -0.2) is 28.6 Å². The Morgan fingerprint density at radius 2 is 2.47 bits per heavy atom. The molecule has 0 bridgehead atoms. The van der Waals surface area contributed by atoms with Crippen LogP contribution in [0.15, 0.2) is 11.3 Å². The predicted molar refractivity (Wildman–Crippen MR) is 59.6 cm³/mol. The second-order valence-corrected chi connectivity index (χ2v) is 3.59. The topological polar surface area (TPSA) is 91.1 Å². The second-order valence-electron chi connectivity index (χ2n) is 3.59. The van der Waals surface area contributed by atoms with Crippen LogP contribution < -0.4 is 16.4 Å². The molecule has 1 atom stereocenters. The number of anilines is 1. The van der Waals surface area contributed by atoms with Gasteiger partial charge in [0.2, 0.25) is 5.91 Å². The van der Waals surface area contributed by atoms with Crippen molar-refractivity contribution >= 4 is 12.0 Å². The third-order valence-electron chi connectivity index (χ3n) is 2.30. The molecular weight excluding hydrogens is 192 g/mol. The van der Waals surface area contributed by atoms with E-state index in [0.29, 0.717) is 0 Å². The summed E-state index contributed by atoms with van der Waals surface area (Å²) >= 11 is 0. The van der Waals surface area contributed by atoms with Gasteiger partial charge in [0.05, 0.1) is 12.5 Å². The number of aliphatic imine (C=N–C) groups is 1. The van der Waals surface area contributed by atoms with E-state index in [0.717, 1.165) is 30.9 Å². The van der Waals surface area contributed by atoms with Gasteiger partial charge in [-0.3, -0.25) is 11.1 Å². The van der Waals surface area contributed by atoms with Gasteiger partial charge in [0.15, 0.2) is 5.82 Å². The van der Waals surface area contributed by atoms with Crippen LogP contribution >= 0.6 is 0 Å². The molecule has 0 saturated heterocycles. The van der Waals surface area contributed by atoms with Gasteiger partial charge in [-0.25, -0.2) is 9.98 Å². The Hall–Kier alpha value is -1.40. The highest BCUT2D eigenvalue weighted by Crippen LogP contribution is 2.16. The van der Waals surface area contributed by atoms with Crippen molar-refractivity contribution in [3.63, 3.8) is 0 Å². The minimum absolute atomic E-state index is 0.733. The number of rotatable bonds is 4. The number of unbranched alkanes of at least 4 members (excludes halogenated alkanes) is 1. The first-order valence-corrected chi connectivity index (χ1v) is 5.14. The van der Waals surface area contributed by atoms with Crippen molar-refractivity contribution in [1.82, 2.24) is 15.3 Å². The van der Waals surface area contributed by atoms with Crippen molar-refractivity contribution in [2.75, 3.05) is 11.9 Å². The first-order chi connectivity index (χ1) is 7.23. The van der Waals surface area contributed by atoms with Gasteiger partial charge in [-0.1, -0.05) is 13.3 Å². The van der Waals surface area contributed by atoms with Crippen LogP contribution in [0.3, 0.4) is 0 Å². The van der Waals surface area contributed by atoms with E-state index in [9.17, 15) is 0 Å². The maximum absolute atomic E-state index is 6.00. The number of nitrogens with zero attached hydrogens (tertiary/aromatic N) is 2. The summed E-state index contributed by atoms with van der Waals surface area (Å²) in [4.78, 5) is 11.3. The van der Waals surface area contributed by atoms with E-state index in [1.165, 1.54) is 0 Å². The van der Waals surface area contributed by atoms with Crippen molar-refractivity contribution in [3.05, 3.63) is 12.0 Å². The van der Waals surface area contributed by atoms with Crippen LogP contribution in [0.25, 0.3) is 0 Å². The Kier molecular flexibility index (Phi) is 2.70. The molecule has 1 aliphatic heterocycles. The number of fused-ring (bicyclic) bond motifs is 1. The lowest BCUT2D eigenvalue weighted by molar-refractivity contribution is 0.392. The Balaban J connectivity index is 2.01. The summed E-state index contributed by atoms with van der Waals surface area (Å²) in [5.74, 6) is -0.186. The molecule has 15 heavy (non-hydrogen) atoms. The lowest BCUT2D eigenvalue weighted by Gasteiger charge is -2.29. The summed E-state index contributed by atoms with van der Waals surface area (Å²) in [6, 6.07) is 0. The highest BCUT2D eigenvalue weighted by Gasteiger charge is 2.27. The molecule has 0 radical (unpaired) electrons. The van der Waals surface area contributed by atoms with Gasteiger partial charge in [-0.05, 0) is 6.42 Å². The average molecular weight is 208 g/mol. The monoisotopic (exact) mass is 208 g/mol. The van der Waals surface area contributed by atoms with E-state index in [-0.39, 0.29) is 0 Å². The predicted octanol–water partition coefficient (Wildman–Crippen LogP) is 0.214. The first kappa shape index (κ1) is 10.1. The maximum Gasteiger partial charge on any atom is 0.243 e. The number of nitrogens with one attached hydrogen (secondary N) is 3. The zero-order chi connectivity index (χ0) is 10.7. The van der Waals surface area contributed by atoms with Crippen LogP contribution in [0, 0.1) is 0 Å². The van der Waals surface area contributed by atoms with E-state index in [2.05, 4.69) is 32.5 Å². The largest absolute Gasteiger partial charge is 0.342 e. The van der Waals surface area contributed by atoms with Crippen LogP contribution in [-0.2, 0) is 0 Å². The number of aromatic amines is 1. The Labute approximate surface area is 88.4 Å². The zero-order valence-electron chi connectivity index (χ0n) is 8.75. The standard InChI is InChI=1S/C9H16N6/c1-2-3-4-13-9(10)14-5-7-8(15-9)12-6-11-7/h5-6,13,15H,2-4,10H2,1H3,(H,11,12). The van der Waals surface area contributed by atoms with Gasteiger partial charge in [-0.15, -0.1) is 0 Å². The lowest BCUT2D eigenvalue weighted by Crippen LogP contribution is -2.59. The fourth-order valence-corrected chi connectivity index (χ4v) is 1.43. The molecule has 0 amide bonds. The number of hydrogen-bond donors (Lipinski definition) is 4. The molecule has 0 fully saturated rings. The normalized spacial score (nSPS) is 23.6. The quantitative estimate of drug-likeness (QED) is 0.420. The smallest absolute Gasteiger partial charge is 0.243 e. The van der Waals surface area contributed by atoms with Crippen LogP contribution in [0.5, 0.6) is 0 Å². The first-order valence-electron chi connectivity index (χ1n) is 5.14. The summed E-state index contributed by atoms with van der Waals surface area (Å²) in [7, 11) is 0. The van der Waals surface area contributed by atoms with Gasteiger partial charge >= 0.3 is 0 Å². The van der Waals surface area contributed by atoms with Crippen molar-refractivity contribution in [3.8, 4) is 0 Å². The van der Waals surface area contributed by atoms with E-state index >= 15 is 0 Å². The third-order valence-corrected chi connectivity index (χ3v) is 2.30. The molecule has 6 nitrogen and oxygen atoms in total. The number of aromatic nitrogens is 2. The molecule has 1 aromatic rings. The SMILES string of the molecule is CCCCNC1(N)N=Cc2[nH]cnc2N1. The molecule has 2 rings (SSSR count). The maximum atomic E-state index is 6.00. The van der Waals surface area contributed by atoms with E-state index in [1.54, 1.807) is 12.5 Å². The van der Waals surface area contributed by atoms with Crippen molar-refractivity contribution < 1.29 is 0 Å². The summed E-state index contributed by atoms with van der Waals surface area (Å²) in [5, 5.41) is 6.18. The Morgan fingerprint density at radius 3 is 3.27 bits per heavy atom. The average Bonchev–Trinajstić information content (AvgIpc) is 2.64. The van der Waals surface area contributed by atoms with E-state index in [1.807, 2.05) is 0 Å². The summed E-state index contributed by atoms with van der Waals surface area (Å²) in [6.45, 7) is 2.96. The summed E-state index contributed by atoms with van der Waals surface area (Å²) in [6.07, 6.45) is 5.50. The van der Waals surface area contributed by atoms with Gasteiger partial charge in [0, 0.05) is 6.54 Å². The van der Waals surface area contributed by atoms with Crippen molar-refractivity contribution in [1.29, 1.82) is 0 Å². The van der Waals surface area contributed by atoms with Crippen LogP contribution in [0.1, 0.15) is 25.5 Å². The zero-order valence-corrected chi connectivity index (χ0v) is 8.75. The molecule has 0 aromatic carbocycles. The molecule has 1 unspecified atom stereocenters. The Bertz CT molecular complexity index is 357. The molecule has 1 aliphatic rings. The molecule has 5 N–H and O–H groups in total. The van der Waals surface area contributed by atoms with Gasteiger partial charge < -0.3 is 10.3 Å². The fourth-order valence-electron chi connectivity index (χ4n) is 1.43. The molecule has 0 aliphatic carbocycles. The fraction of sp³-hybridized carbons (Fsp3) is 0.556. The minimum atomic E-state index is -0.919. The number of H-pyrrole nitrogens is 1. The van der Waals surface area contributed by atoms with Crippen LogP contribution in [0.4, 0.5) is 5.82 Å². The van der Waals surface area contributed by atoms with Gasteiger partial charge in [-0.2, -0.15) is 0 Å². The molecule has 2 heterocycles. The minimum Gasteiger partial charge on any atom is -0.342 e. The molecule has 6 heteroatoms. The number of imidazole rings is 1. The summed E-state index contributed by atoms with van der Waals surface area (Å²) in [5.41, 5.74) is 6.85. The summed E-state index contributed by atoms with van der Waals surface area (Å²) < 4.78 is 0. The van der Waals surface area contributed by atoms with Gasteiger partial charge in [0.1, 0.15) is 5.69 Å². The molecule has 0 saturated carbocycles. The van der Waals surface area contributed by atoms with Gasteiger partial charge in [0.25, 0.3) is 0 Å². The third kappa shape index (κ3) is 2.16. The molecular formula is C9H16N6. The Morgan fingerprint density at radius 1 is 1.60 bits per heavy atom. The molecule has 82 valence electrons. The number of hydrogen-bond acceptors (Lipinski definition) is 5. The second kappa shape index (κ2) is 4.00. The van der Waals surface area contributed by atoms with Crippen LogP contribution in [0.2, 0.25) is 0 Å². The van der Waals surface area contributed by atoms with E-state index < -0.39 is 5.91 Å². The van der Waals surface area contributed by atoms with Crippen molar-refractivity contribution in [2.24, 2.45) is 10.7 Å². The highest BCUT2D eigenvalue weighted by molar-refractivity contribution is 5.86. The molecule has 0 spiro atoms. The van der Waals surface area contributed by atoms with E-state index in [4.69, 9.17) is 5.73 Å². The highest BCUT2D eigenvalue weighted by atomic mass is 15.4. The number of nitrogens with two attached hydrogens (primary N) is 1. The van der Waals surface area contributed by atoms with Crippen molar-refractivity contribution in [2.45, 2.75) is 25.7 Å².